The number of carbonyl (C=O) groups excluding carboxylic acids is 1. The summed E-state index contributed by atoms with van der Waals surface area (Å²) in [7, 11) is 0. The fourth-order valence-corrected chi connectivity index (χ4v) is 4.08. The summed E-state index contributed by atoms with van der Waals surface area (Å²) in [5.74, 6) is 0.441. The van der Waals surface area contributed by atoms with Crippen LogP contribution in [-0.4, -0.2) is 47.0 Å². The minimum Gasteiger partial charge on any atom is -0.436 e. The number of nitrogens with zero attached hydrogens (tertiary/aromatic N) is 4. The molecule has 0 bridgehead atoms. The molecule has 2 aromatic heterocycles. The number of benzene rings is 2. The van der Waals surface area contributed by atoms with E-state index in [4.69, 9.17) is 4.42 Å². The summed E-state index contributed by atoms with van der Waals surface area (Å²) in [6, 6.07) is 14.5. The Kier molecular flexibility index (Phi) is 5.69. The van der Waals surface area contributed by atoms with Crippen LogP contribution in [0.15, 0.2) is 71.4 Å². The van der Waals surface area contributed by atoms with Crippen molar-refractivity contribution in [3.8, 4) is 11.5 Å². The van der Waals surface area contributed by atoms with Crippen LogP contribution >= 0.6 is 0 Å². The molecule has 6 nitrogen and oxygen atoms in total. The average Bonchev–Trinajstić information content (AvgIpc) is 3.28. The third-order valence-corrected chi connectivity index (χ3v) is 5.89. The summed E-state index contributed by atoms with van der Waals surface area (Å²) in [5, 5.41) is 0. The van der Waals surface area contributed by atoms with Gasteiger partial charge in [-0.25, -0.2) is 4.98 Å². The van der Waals surface area contributed by atoms with Gasteiger partial charge in [0.1, 0.15) is 5.52 Å². The number of carbonyl (C=O) groups is 1. The summed E-state index contributed by atoms with van der Waals surface area (Å²) < 4.78 is 44.8. The monoisotopic (exact) mass is 466 g/mol. The predicted octanol–water partition coefficient (Wildman–Crippen LogP) is 4.80. The van der Waals surface area contributed by atoms with Crippen LogP contribution in [0.1, 0.15) is 11.1 Å². The average molecular weight is 466 g/mol. The zero-order valence-corrected chi connectivity index (χ0v) is 18.1. The van der Waals surface area contributed by atoms with Gasteiger partial charge in [0.2, 0.25) is 11.8 Å². The maximum atomic E-state index is 13.0. The Hall–Kier alpha value is -3.88. The zero-order valence-electron chi connectivity index (χ0n) is 18.1. The SMILES string of the molecule is O=C(Cc1ccc2oc(-c3cccnc3)nc2c1)N1CCN(c2cccc(C(F)(F)F)c2)CC1. The second-order valence-electron chi connectivity index (χ2n) is 8.16. The van der Waals surface area contributed by atoms with Crippen LogP contribution in [0.3, 0.4) is 0 Å². The Morgan fingerprint density at radius 2 is 1.82 bits per heavy atom. The molecule has 2 aromatic carbocycles. The maximum absolute atomic E-state index is 13.0. The molecule has 0 aliphatic carbocycles. The Morgan fingerprint density at radius 3 is 2.56 bits per heavy atom. The standard InChI is InChI=1S/C25H21F3N4O2/c26-25(27,28)19-4-1-5-20(15-19)31-9-11-32(12-10-31)23(33)14-17-6-7-22-21(13-17)30-24(34-22)18-3-2-8-29-16-18/h1-8,13,15-16H,9-12,14H2. The summed E-state index contributed by atoms with van der Waals surface area (Å²) in [4.78, 5) is 25.1. The number of alkyl halides is 3. The first-order valence-electron chi connectivity index (χ1n) is 10.9. The van der Waals surface area contributed by atoms with E-state index >= 15 is 0 Å². The van der Waals surface area contributed by atoms with Crippen LogP contribution in [-0.2, 0) is 17.4 Å². The van der Waals surface area contributed by atoms with Gasteiger partial charge in [-0.05, 0) is 48.0 Å². The number of aromatic nitrogens is 2. The van der Waals surface area contributed by atoms with Gasteiger partial charge in [0.15, 0.2) is 5.58 Å². The number of hydrogen-bond acceptors (Lipinski definition) is 5. The first-order valence-corrected chi connectivity index (χ1v) is 10.9. The molecule has 0 N–H and O–H groups in total. The second-order valence-corrected chi connectivity index (χ2v) is 8.16. The molecule has 1 aliphatic heterocycles. The number of anilines is 1. The lowest BCUT2D eigenvalue weighted by atomic mass is 10.1. The molecule has 3 heterocycles. The molecule has 1 fully saturated rings. The first kappa shape index (κ1) is 21.9. The molecule has 0 unspecified atom stereocenters. The van der Waals surface area contributed by atoms with Gasteiger partial charge in [-0.2, -0.15) is 13.2 Å². The Labute approximate surface area is 193 Å². The molecule has 1 amide bonds. The van der Waals surface area contributed by atoms with Crippen molar-refractivity contribution in [3.63, 3.8) is 0 Å². The molecule has 0 atom stereocenters. The largest absolute Gasteiger partial charge is 0.436 e. The van der Waals surface area contributed by atoms with E-state index in [1.54, 1.807) is 35.5 Å². The molecule has 5 rings (SSSR count). The summed E-state index contributed by atoms with van der Waals surface area (Å²) in [6.07, 6.45) is -0.810. The van der Waals surface area contributed by atoms with Crippen LogP contribution in [0.4, 0.5) is 18.9 Å². The minimum absolute atomic E-state index is 0.0287. The van der Waals surface area contributed by atoms with Crippen LogP contribution in [0.2, 0.25) is 0 Å². The van der Waals surface area contributed by atoms with Gasteiger partial charge in [0.25, 0.3) is 0 Å². The summed E-state index contributed by atoms with van der Waals surface area (Å²) in [6.45, 7) is 1.85. The number of halogens is 3. The van der Waals surface area contributed by atoms with E-state index in [1.165, 1.54) is 6.07 Å². The van der Waals surface area contributed by atoms with Crippen LogP contribution in [0, 0.1) is 0 Å². The van der Waals surface area contributed by atoms with Crippen molar-refractivity contribution in [2.45, 2.75) is 12.6 Å². The molecule has 1 saturated heterocycles. The van der Waals surface area contributed by atoms with Crippen molar-refractivity contribution in [2.75, 3.05) is 31.1 Å². The van der Waals surface area contributed by atoms with Gasteiger partial charge in [0, 0.05) is 44.3 Å². The number of rotatable bonds is 4. The molecular weight excluding hydrogens is 445 g/mol. The normalized spacial score (nSPS) is 14.6. The zero-order chi connectivity index (χ0) is 23.7. The highest BCUT2D eigenvalue weighted by molar-refractivity contribution is 5.82. The van der Waals surface area contributed by atoms with Crippen molar-refractivity contribution >= 4 is 22.7 Å². The highest BCUT2D eigenvalue weighted by Gasteiger charge is 2.31. The number of oxazole rings is 1. The van der Waals surface area contributed by atoms with Gasteiger partial charge < -0.3 is 14.2 Å². The lowest BCUT2D eigenvalue weighted by Gasteiger charge is -2.36. The van der Waals surface area contributed by atoms with Gasteiger partial charge in [0.05, 0.1) is 17.5 Å². The quantitative estimate of drug-likeness (QED) is 0.432. The van der Waals surface area contributed by atoms with E-state index in [0.717, 1.165) is 23.3 Å². The topological polar surface area (TPSA) is 62.5 Å². The fourth-order valence-electron chi connectivity index (χ4n) is 4.08. The molecule has 0 spiro atoms. The number of piperazine rings is 1. The third-order valence-electron chi connectivity index (χ3n) is 5.89. The van der Waals surface area contributed by atoms with E-state index in [-0.39, 0.29) is 12.3 Å². The Balaban J connectivity index is 1.22. The highest BCUT2D eigenvalue weighted by Crippen LogP contribution is 2.32. The van der Waals surface area contributed by atoms with Crippen LogP contribution in [0.25, 0.3) is 22.6 Å². The van der Waals surface area contributed by atoms with Crippen molar-refractivity contribution < 1.29 is 22.4 Å². The second kappa shape index (κ2) is 8.81. The molecule has 1 aliphatic rings. The molecule has 0 radical (unpaired) electrons. The van der Waals surface area contributed by atoms with E-state index in [0.29, 0.717) is 48.9 Å². The minimum atomic E-state index is -4.38. The predicted molar refractivity (Wildman–Crippen MR) is 121 cm³/mol. The molecule has 174 valence electrons. The van der Waals surface area contributed by atoms with Crippen LogP contribution in [0.5, 0.6) is 0 Å². The highest BCUT2D eigenvalue weighted by atomic mass is 19.4. The van der Waals surface area contributed by atoms with Gasteiger partial charge in [-0.3, -0.25) is 9.78 Å². The fraction of sp³-hybridized carbons (Fsp3) is 0.240. The molecule has 34 heavy (non-hydrogen) atoms. The first-order chi connectivity index (χ1) is 16.4. The molecule has 9 heteroatoms. The van der Waals surface area contributed by atoms with Gasteiger partial charge in [-0.1, -0.05) is 12.1 Å². The van der Waals surface area contributed by atoms with Gasteiger partial charge >= 0.3 is 6.18 Å². The smallest absolute Gasteiger partial charge is 0.416 e. The number of amides is 1. The number of fused-ring (bicyclic) bond motifs is 1. The van der Waals surface area contributed by atoms with Crippen molar-refractivity contribution in [3.05, 3.63) is 78.1 Å². The molecule has 4 aromatic rings. The number of hydrogen-bond donors (Lipinski definition) is 0. The lowest BCUT2D eigenvalue weighted by molar-refractivity contribution is -0.137. The van der Waals surface area contributed by atoms with E-state index in [2.05, 4.69) is 9.97 Å². The van der Waals surface area contributed by atoms with Crippen molar-refractivity contribution in [1.29, 1.82) is 0 Å². The van der Waals surface area contributed by atoms with E-state index < -0.39 is 11.7 Å². The summed E-state index contributed by atoms with van der Waals surface area (Å²) in [5.41, 5.74) is 2.74. The Morgan fingerprint density at radius 1 is 1.00 bits per heavy atom. The van der Waals surface area contributed by atoms with E-state index in [1.807, 2.05) is 23.1 Å². The van der Waals surface area contributed by atoms with Crippen molar-refractivity contribution in [1.82, 2.24) is 14.9 Å². The Bertz CT molecular complexity index is 1310. The third kappa shape index (κ3) is 4.59. The molecule has 0 saturated carbocycles. The van der Waals surface area contributed by atoms with E-state index in [9.17, 15) is 18.0 Å². The van der Waals surface area contributed by atoms with Crippen molar-refractivity contribution in [2.24, 2.45) is 0 Å². The lowest BCUT2D eigenvalue weighted by Crippen LogP contribution is -2.49. The summed E-state index contributed by atoms with van der Waals surface area (Å²) >= 11 is 0. The van der Waals surface area contributed by atoms with Crippen LogP contribution < -0.4 is 4.90 Å². The number of pyridine rings is 1. The van der Waals surface area contributed by atoms with Gasteiger partial charge in [-0.15, -0.1) is 0 Å². The molecular formula is C25H21F3N4O2. The maximum Gasteiger partial charge on any atom is 0.416 e.